The Labute approximate surface area is 140 Å². The lowest BCUT2D eigenvalue weighted by Crippen LogP contribution is -2.45. The molecule has 0 bridgehead atoms. The van der Waals surface area contributed by atoms with Crippen LogP contribution in [0.1, 0.15) is 0 Å². The molecule has 2 heterocycles. The molecule has 124 valence electrons. The zero-order chi connectivity index (χ0) is 16.6. The number of rotatable bonds is 5. The van der Waals surface area contributed by atoms with Gasteiger partial charge in [-0.05, 0) is 30.3 Å². The number of fused-ring (bicyclic) bond motifs is 1. The Morgan fingerprint density at radius 1 is 1.04 bits per heavy atom. The van der Waals surface area contributed by atoms with Crippen LogP contribution < -0.4 is 10.1 Å². The van der Waals surface area contributed by atoms with Crippen molar-refractivity contribution in [1.82, 2.24) is 9.29 Å². The van der Waals surface area contributed by atoms with Gasteiger partial charge in [0.2, 0.25) is 0 Å². The van der Waals surface area contributed by atoms with E-state index < -0.39 is 10.0 Å². The fourth-order valence-corrected chi connectivity index (χ4v) is 4.20. The number of ether oxygens (including phenoxy) is 1. The van der Waals surface area contributed by atoms with Crippen LogP contribution in [0.25, 0.3) is 10.9 Å². The minimum absolute atomic E-state index is 0.273. The Balaban J connectivity index is 1.72. The molecule has 1 fully saturated rings. The molecule has 0 unspecified atom stereocenters. The van der Waals surface area contributed by atoms with Crippen molar-refractivity contribution in [2.45, 2.75) is 4.90 Å². The molecule has 24 heavy (non-hydrogen) atoms. The molecule has 1 saturated heterocycles. The van der Waals surface area contributed by atoms with Gasteiger partial charge in [0.25, 0.3) is 10.0 Å². The highest BCUT2D eigenvalue weighted by molar-refractivity contribution is 7.90. The standard InChI is InChI=1S/C18H18N2O3S/c21-24(22,15-5-2-1-3-6-15)20-10-9-16-17(20)7-4-8-18(16)23-13-14-11-19-12-14/h1-10,14,19H,11-13H2. The lowest BCUT2D eigenvalue weighted by molar-refractivity contribution is 0.201. The van der Waals surface area contributed by atoms with Gasteiger partial charge in [0.05, 0.1) is 17.0 Å². The minimum atomic E-state index is -3.61. The first-order valence-corrected chi connectivity index (χ1v) is 9.34. The van der Waals surface area contributed by atoms with E-state index in [-0.39, 0.29) is 4.90 Å². The van der Waals surface area contributed by atoms with E-state index in [0.717, 1.165) is 24.2 Å². The molecule has 0 spiro atoms. The summed E-state index contributed by atoms with van der Waals surface area (Å²) >= 11 is 0. The van der Waals surface area contributed by atoms with E-state index in [0.29, 0.717) is 18.0 Å². The number of hydrogen-bond acceptors (Lipinski definition) is 4. The summed E-state index contributed by atoms with van der Waals surface area (Å²) in [5.41, 5.74) is 0.628. The van der Waals surface area contributed by atoms with Crippen LogP contribution in [0.15, 0.2) is 65.7 Å². The molecule has 1 aromatic heterocycles. The van der Waals surface area contributed by atoms with E-state index in [2.05, 4.69) is 5.32 Å². The van der Waals surface area contributed by atoms with Crippen molar-refractivity contribution in [3.8, 4) is 5.75 Å². The van der Waals surface area contributed by atoms with Crippen LogP contribution in [0.3, 0.4) is 0 Å². The summed E-state index contributed by atoms with van der Waals surface area (Å²) in [6.07, 6.45) is 1.59. The normalized spacial score (nSPS) is 15.3. The Kier molecular flexibility index (Phi) is 3.78. The number of benzene rings is 2. The summed E-state index contributed by atoms with van der Waals surface area (Å²) in [7, 11) is -3.61. The summed E-state index contributed by atoms with van der Waals surface area (Å²) in [6.45, 7) is 2.58. The topological polar surface area (TPSA) is 60.3 Å². The second kappa shape index (κ2) is 5.96. The Morgan fingerprint density at radius 3 is 2.54 bits per heavy atom. The summed E-state index contributed by atoms with van der Waals surface area (Å²) < 4.78 is 32.9. The average Bonchev–Trinajstić information content (AvgIpc) is 3.00. The van der Waals surface area contributed by atoms with Gasteiger partial charge in [-0.2, -0.15) is 0 Å². The summed E-state index contributed by atoms with van der Waals surface area (Å²) in [5.74, 6) is 1.25. The zero-order valence-electron chi connectivity index (χ0n) is 13.1. The maximum absolute atomic E-state index is 12.9. The van der Waals surface area contributed by atoms with E-state index >= 15 is 0 Å². The molecule has 1 aliphatic rings. The molecule has 0 saturated carbocycles. The van der Waals surface area contributed by atoms with Crippen molar-refractivity contribution in [3.05, 3.63) is 60.8 Å². The first-order valence-electron chi connectivity index (χ1n) is 7.90. The van der Waals surface area contributed by atoms with Crippen molar-refractivity contribution in [2.75, 3.05) is 19.7 Å². The molecule has 2 aromatic carbocycles. The van der Waals surface area contributed by atoms with E-state index in [1.165, 1.54) is 3.97 Å². The summed E-state index contributed by atoms with van der Waals surface area (Å²) in [5, 5.41) is 4.02. The minimum Gasteiger partial charge on any atom is -0.492 e. The molecule has 1 N–H and O–H groups in total. The third-order valence-electron chi connectivity index (χ3n) is 4.30. The molecular formula is C18H18N2O3S. The van der Waals surface area contributed by atoms with Crippen molar-refractivity contribution >= 4 is 20.9 Å². The molecule has 3 aromatic rings. The lowest BCUT2D eigenvalue weighted by atomic mass is 10.1. The second-order valence-corrected chi connectivity index (χ2v) is 7.77. The average molecular weight is 342 g/mol. The van der Waals surface area contributed by atoms with Crippen LogP contribution in [-0.2, 0) is 10.0 Å². The molecule has 5 nitrogen and oxygen atoms in total. The number of nitrogens with one attached hydrogen (secondary N) is 1. The van der Waals surface area contributed by atoms with Crippen LogP contribution in [0.2, 0.25) is 0 Å². The van der Waals surface area contributed by atoms with E-state index in [4.69, 9.17) is 4.74 Å². The molecule has 0 aliphatic carbocycles. The van der Waals surface area contributed by atoms with Crippen LogP contribution in [-0.4, -0.2) is 32.1 Å². The van der Waals surface area contributed by atoms with Gasteiger partial charge >= 0.3 is 0 Å². The van der Waals surface area contributed by atoms with E-state index in [9.17, 15) is 8.42 Å². The zero-order valence-corrected chi connectivity index (χ0v) is 13.9. The third kappa shape index (κ3) is 2.57. The third-order valence-corrected chi connectivity index (χ3v) is 6.00. The molecule has 0 atom stereocenters. The smallest absolute Gasteiger partial charge is 0.268 e. The van der Waals surface area contributed by atoms with Gasteiger partial charge in [0.15, 0.2) is 0 Å². The molecule has 1 aliphatic heterocycles. The van der Waals surface area contributed by atoms with E-state index in [1.807, 2.05) is 12.1 Å². The van der Waals surface area contributed by atoms with Gasteiger partial charge in [0.1, 0.15) is 5.75 Å². The molecule has 0 radical (unpaired) electrons. The number of hydrogen-bond donors (Lipinski definition) is 1. The Bertz CT molecular complexity index is 960. The summed E-state index contributed by atoms with van der Waals surface area (Å²) in [4.78, 5) is 0.273. The van der Waals surface area contributed by atoms with Gasteiger partial charge < -0.3 is 10.1 Å². The van der Waals surface area contributed by atoms with Crippen LogP contribution in [0, 0.1) is 5.92 Å². The highest BCUT2D eigenvalue weighted by Gasteiger charge is 2.21. The first-order chi connectivity index (χ1) is 11.7. The van der Waals surface area contributed by atoms with Crippen molar-refractivity contribution in [2.24, 2.45) is 5.92 Å². The van der Waals surface area contributed by atoms with Gasteiger partial charge in [-0.1, -0.05) is 24.3 Å². The summed E-state index contributed by atoms with van der Waals surface area (Å²) in [6, 6.07) is 15.8. The van der Waals surface area contributed by atoms with Gasteiger partial charge in [0, 0.05) is 30.6 Å². The number of aromatic nitrogens is 1. The van der Waals surface area contributed by atoms with Crippen molar-refractivity contribution < 1.29 is 13.2 Å². The fraction of sp³-hybridized carbons (Fsp3) is 0.222. The largest absolute Gasteiger partial charge is 0.492 e. The Morgan fingerprint density at radius 2 is 1.83 bits per heavy atom. The monoisotopic (exact) mass is 342 g/mol. The first kappa shape index (κ1) is 15.2. The Hall–Kier alpha value is -2.31. The van der Waals surface area contributed by atoms with Gasteiger partial charge in [-0.3, -0.25) is 0 Å². The highest BCUT2D eigenvalue weighted by atomic mass is 32.2. The second-order valence-electron chi connectivity index (χ2n) is 5.95. The highest BCUT2D eigenvalue weighted by Crippen LogP contribution is 2.29. The van der Waals surface area contributed by atoms with Gasteiger partial charge in [-0.25, -0.2) is 12.4 Å². The van der Waals surface area contributed by atoms with Gasteiger partial charge in [-0.15, -0.1) is 0 Å². The van der Waals surface area contributed by atoms with Crippen LogP contribution in [0.5, 0.6) is 5.75 Å². The van der Waals surface area contributed by atoms with Crippen LogP contribution in [0.4, 0.5) is 0 Å². The van der Waals surface area contributed by atoms with Crippen molar-refractivity contribution in [1.29, 1.82) is 0 Å². The maximum atomic E-state index is 12.9. The quantitative estimate of drug-likeness (QED) is 0.774. The van der Waals surface area contributed by atoms with Crippen molar-refractivity contribution in [3.63, 3.8) is 0 Å². The van der Waals surface area contributed by atoms with Crippen LogP contribution >= 0.6 is 0 Å². The maximum Gasteiger partial charge on any atom is 0.268 e. The fourth-order valence-electron chi connectivity index (χ4n) is 2.83. The lowest BCUT2D eigenvalue weighted by Gasteiger charge is -2.26. The predicted octanol–water partition coefficient (Wildman–Crippen LogP) is 2.48. The van der Waals surface area contributed by atoms with E-state index in [1.54, 1.807) is 48.7 Å². The SMILES string of the molecule is O=S(=O)(c1ccccc1)n1ccc2c(OCC3CNC3)cccc21. The molecule has 6 heteroatoms. The molecular weight excluding hydrogens is 324 g/mol. The molecule has 0 amide bonds. The number of nitrogens with zero attached hydrogens (tertiary/aromatic N) is 1. The predicted molar refractivity (Wildman–Crippen MR) is 92.8 cm³/mol. The molecule has 4 rings (SSSR count).